The number of hydrogen-bond acceptors (Lipinski definition) is 6. The van der Waals surface area contributed by atoms with Gasteiger partial charge in [-0.1, -0.05) is 12.1 Å². The van der Waals surface area contributed by atoms with Gasteiger partial charge in [-0.15, -0.1) is 11.8 Å². The zero-order chi connectivity index (χ0) is 13.1. The van der Waals surface area contributed by atoms with E-state index in [0.29, 0.717) is 10.7 Å². The number of para-hydroxylation sites is 2. The normalized spacial score (nSPS) is 14.2. The van der Waals surface area contributed by atoms with E-state index in [1.807, 2.05) is 30.5 Å². The number of fused-ring (bicyclic) bond motifs is 1. The van der Waals surface area contributed by atoms with Gasteiger partial charge >= 0.3 is 5.97 Å². The first-order valence-electron chi connectivity index (χ1n) is 5.24. The Morgan fingerprint density at radius 1 is 1.44 bits per heavy atom. The highest BCUT2D eigenvalue weighted by molar-refractivity contribution is 8.02. The summed E-state index contributed by atoms with van der Waals surface area (Å²) in [7, 11) is 1.32. The number of amidine groups is 1. The highest BCUT2D eigenvalue weighted by Crippen LogP contribution is 2.32. The molecular weight excluding hydrogens is 250 g/mol. The Morgan fingerprint density at radius 3 is 2.83 bits per heavy atom. The number of rotatable bonds is 2. The van der Waals surface area contributed by atoms with Gasteiger partial charge in [-0.05, 0) is 18.4 Å². The number of carbonyl (C=O) groups is 1. The number of thioether (sulfide) groups is 1. The summed E-state index contributed by atoms with van der Waals surface area (Å²) in [6, 6.07) is 7.45. The molecule has 3 N–H and O–H groups in total. The maximum atomic E-state index is 11.8. The number of hydrogen-bond donors (Lipinski definition) is 2. The lowest BCUT2D eigenvalue weighted by Crippen LogP contribution is -2.24. The number of nitrogens with one attached hydrogen (secondary N) is 1. The largest absolute Gasteiger partial charge is 0.465 e. The van der Waals surface area contributed by atoms with Gasteiger partial charge in [0.05, 0.1) is 23.5 Å². The van der Waals surface area contributed by atoms with E-state index in [0.717, 1.165) is 5.69 Å². The molecule has 0 atom stereocenters. The molecular formula is C12H13N3O2S. The van der Waals surface area contributed by atoms with Gasteiger partial charge in [0.15, 0.2) is 0 Å². The molecule has 0 aromatic heterocycles. The van der Waals surface area contributed by atoms with Crippen LogP contribution in [-0.4, -0.2) is 25.2 Å². The smallest absolute Gasteiger partial charge is 0.344 e. The van der Waals surface area contributed by atoms with E-state index in [4.69, 9.17) is 10.5 Å². The number of methoxy groups -OCH3 is 1. The first-order chi connectivity index (χ1) is 8.67. The lowest BCUT2D eigenvalue weighted by Gasteiger charge is -2.10. The topological polar surface area (TPSA) is 76.7 Å². The number of benzene rings is 1. The van der Waals surface area contributed by atoms with Crippen LogP contribution in [0.4, 0.5) is 11.4 Å². The average molecular weight is 263 g/mol. The SMILES string of the molecule is COC(=O)C1=C(SC)Nc2ccccc2N=C1N. The van der Waals surface area contributed by atoms with Crippen molar-refractivity contribution in [3.63, 3.8) is 0 Å². The predicted octanol–water partition coefficient (Wildman–Crippen LogP) is 1.85. The Labute approximate surface area is 109 Å². The Bertz CT molecular complexity index is 552. The lowest BCUT2D eigenvalue weighted by atomic mass is 10.2. The van der Waals surface area contributed by atoms with E-state index in [9.17, 15) is 4.79 Å². The first kappa shape index (κ1) is 12.5. The molecule has 0 fully saturated rings. The zero-order valence-corrected chi connectivity index (χ0v) is 10.9. The summed E-state index contributed by atoms with van der Waals surface area (Å²) in [4.78, 5) is 16.0. The van der Waals surface area contributed by atoms with Crippen molar-refractivity contribution in [1.82, 2.24) is 0 Å². The van der Waals surface area contributed by atoms with Crippen molar-refractivity contribution < 1.29 is 9.53 Å². The Hall–Kier alpha value is -1.95. The minimum atomic E-state index is -0.499. The van der Waals surface area contributed by atoms with Crippen LogP contribution >= 0.6 is 11.8 Å². The summed E-state index contributed by atoms with van der Waals surface area (Å²) in [5, 5.41) is 3.78. The molecule has 0 saturated carbocycles. The van der Waals surface area contributed by atoms with E-state index >= 15 is 0 Å². The molecule has 0 radical (unpaired) electrons. The third-order valence-corrected chi connectivity index (χ3v) is 3.18. The molecule has 1 aromatic rings. The Kier molecular flexibility index (Phi) is 3.57. The van der Waals surface area contributed by atoms with E-state index in [1.54, 1.807) is 0 Å². The lowest BCUT2D eigenvalue weighted by molar-refractivity contribution is -0.135. The van der Waals surface area contributed by atoms with E-state index in [1.165, 1.54) is 18.9 Å². The van der Waals surface area contributed by atoms with Crippen molar-refractivity contribution in [3.8, 4) is 0 Å². The second-order valence-electron chi connectivity index (χ2n) is 3.54. The Morgan fingerprint density at radius 2 is 2.17 bits per heavy atom. The molecule has 0 amide bonds. The number of nitrogens with zero attached hydrogens (tertiary/aromatic N) is 1. The second kappa shape index (κ2) is 5.14. The molecule has 1 aliphatic heterocycles. The van der Waals surface area contributed by atoms with Crippen molar-refractivity contribution in [2.24, 2.45) is 10.7 Å². The fourth-order valence-electron chi connectivity index (χ4n) is 1.62. The summed E-state index contributed by atoms with van der Waals surface area (Å²) in [6.07, 6.45) is 1.85. The van der Waals surface area contributed by atoms with E-state index in [2.05, 4.69) is 10.3 Å². The molecule has 0 saturated heterocycles. The minimum absolute atomic E-state index is 0.156. The van der Waals surface area contributed by atoms with Crippen LogP contribution < -0.4 is 11.1 Å². The molecule has 1 heterocycles. The van der Waals surface area contributed by atoms with Crippen molar-refractivity contribution in [2.45, 2.75) is 0 Å². The molecule has 0 unspecified atom stereocenters. The van der Waals surface area contributed by atoms with E-state index < -0.39 is 5.97 Å². The molecule has 1 aromatic carbocycles. The molecule has 1 aliphatic rings. The van der Waals surface area contributed by atoms with Gasteiger partial charge < -0.3 is 15.8 Å². The third-order valence-electron chi connectivity index (χ3n) is 2.47. The van der Waals surface area contributed by atoms with Crippen LogP contribution in [0.3, 0.4) is 0 Å². The third kappa shape index (κ3) is 2.19. The molecule has 5 nitrogen and oxygen atoms in total. The number of nitrogens with two attached hydrogens (primary N) is 1. The maximum Gasteiger partial charge on any atom is 0.344 e. The zero-order valence-electron chi connectivity index (χ0n) is 10.1. The van der Waals surface area contributed by atoms with Gasteiger partial charge in [0, 0.05) is 0 Å². The van der Waals surface area contributed by atoms with Crippen LogP contribution in [0.1, 0.15) is 0 Å². The van der Waals surface area contributed by atoms with Crippen LogP contribution in [0.25, 0.3) is 0 Å². The molecule has 0 aliphatic carbocycles. The van der Waals surface area contributed by atoms with Crippen molar-refractivity contribution in [1.29, 1.82) is 0 Å². The molecule has 18 heavy (non-hydrogen) atoms. The Balaban J connectivity index is 2.58. The summed E-state index contributed by atoms with van der Waals surface area (Å²) in [6.45, 7) is 0. The van der Waals surface area contributed by atoms with Gasteiger partial charge in [0.1, 0.15) is 11.4 Å². The van der Waals surface area contributed by atoms with Crippen LogP contribution in [0.2, 0.25) is 0 Å². The van der Waals surface area contributed by atoms with Crippen LogP contribution in [0, 0.1) is 0 Å². The molecule has 94 valence electrons. The number of ether oxygens (including phenoxy) is 1. The minimum Gasteiger partial charge on any atom is -0.465 e. The summed E-state index contributed by atoms with van der Waals surface area (Å²) >= 11 is 1.39. The predicted molar refractivity (Wildman–Crippen MR) is 73.9 cm³/mol. The first-order valence-corrected chi connectivity index (χ1v) is 6.47. The van der Waals surface area contributed by atoms with Gasteiger partial charge in [-0.3, -0.25) is 0 Å². The summed E-state index contributed by atoms with van der Waals surface area (Å²) in [5.74, 6) is -0.343. The van der Waals surface area contributed by atoms with Crippen molar-refractivity contribution in [3.05, 3.63) is 34.9 Å². The fraction of sp³-hybridized carbons (Fsp3) is 0.167. The quantitative estimate of drug-likeness (QED) is 0.796. The van der Waals surface area contributed by atoms with Gasteiger partial charge in [0.25, 0.3) is 0 Å². The number of carbonyl (C=O) groups excluding carboxylic acids is 1. The van der Waals surface area contributed by atoms with Crippen molar-refractivity contribution >= 4 is 34.9 Å². The highest BCUT2D eigenvalue weighted by atomic mass is 32.2. The summed E-state index contributed by atoms with van der Waals surface area (Å²) in [5.41, 5.74) is 7.64. The fourth-order valence-corrected chi connectivity index (χ4v) is 2.22. The summed E-state index contributed by atoms with van der Waals surface area (Å²) < 4.78 is 4.74. The molecule has 0 spiro atoms. The standard InChI is InChI=1S/C12H13N3O2S/c1-17-12(16)9-10(13)14-7-5-3-4-6-8(7)15-11(9)18-2/h3-6,15H,1-2H3,(H2,13,14). The van der Waals surface area contributed by atoms with Gasteiger partial charge in [0.2, 0.25) is 0 Å². The molecule has 2 rings (SSSR count). The highest BCUT2D eigenvalue weighted by Gasteiger charge is 2.23. The van der Waals surface area contributed by atoms with Crippen LogP contribution in [0.15, 0.2) is 39.9 Å². The van der Waals surface area contributed by atoms with Crippen molar-refractivity contribution in [2.75, 3.05) is 18.7 Å². The van der Waals surface area contributed by atoms with Gasteiger partial charge in [-0.25, -0.2) is 9.79 Å². The monoisotopic (exact) mass is 263 g/mol. The van der Waals surface area contributed by atoms with Crippen LogP contribution in [0.5, 0.6) is 0 Å². The average Bonchev–Trinajstić information content (AvgIpc) is 2.53. The maximum absolute atomic E-state index is 11.8. The van der Waals surface area contributed by atoms with Gasteiger partial charge in [-0.2, -0.15) is 0 Å². The van der Waals surface area contributed by atoms with E-state index in [-0.39, 0.29) is 11.4 Å². The second-order valence-corrected chi connectivity index (χ2v) is 4.36. The number of esters is 1. The van der Waals surface area contributed by atoms with Crippen LogP contribution in [-0.2, 0) is 9.53 Å². The molecule has 6 heteroatoms. The number of anilines is 1. The number of aliphatic imine (C=N–C) groups is 1. The molecule has 0 bridgehead atoms.